The summed E-state index contributed by atoms with van der Waals surface area (Å²) in [5.74, 6) is 0.180. The van der Waals surface area contributed by atoms with Gasteiger partial charge in [0.2, 0.25) is 0 Å². The minimum Gasteiger partial charge on any atom is -0.463 e. The number of ketones is 6. The molecule has 19 saturated heterocycles. The number of rotatable bonds is 28. The second-order valence-corrected chi connectivity index (χ2v) is 46.7. The normalized spacial score (nSPS) is 30.2. The average molecular weight is 1960 g/mol. The predicted molar refractivity (Wildman–Crippen MR) is 483 cm³/mol. The van der Waals surface area contributed by atoms with Crippen LogP contribution in [0.5, 0.6) is 0 Å². The molecule has 19 aliphatic heterocycles. The fourth-order valence-corrected chi connectivity index (χ4v) is 25.7. The van der Waals surface area contributed by atoms with Crippen LogP contribution < -0.4 is 0 Å². The van der Waals surface area contributed by atoms with Crippen molar-refractivity contribution in [2.24, 2.45) is 47.3 Å². The number of esters is 2. The highest BCUT2D eigenvalue weighted by Gasteiger charge is 2.61. The zero-order chi connectivity index (χ0) is 95.9. The van der Waals surface area contributed by atoms with Crippen LogP contribution in [0.1, 0.15) is 158 Å². The molecule has 19 heterocycles. The Morgan fingerprint density at radius 3 is 0.865 bits per heavy atom. The molecular formula is C93H132N6O29S5. The lowest BCUT2D eigenvalue weighted by atomic mass is 9.72. The summed E-state index contributed by atoms with van der Waals surface area (Å²) in [5, 5.41) is 9.80. The molecule has 2 atom stereocenters. The molecule has 3 aromatic carbocycles. The lowest BCUT2D eigenvalue weighted by molar-refractivity contribution is -0.177. The number of piperidine rings is 18. The number of benzene rings is 3. The van der Waals surface area contributed by atoms with Crippen molar-refractivity contribution >= 4 is 97.2 Å². The largest absolute Gasteiger partial charge is 0.463 e. The molecule has 0 aromatic heterocycles. The van der Waals surface area contributed by atoms with Crippen LogP contribution in [0.15, 0.2) is 100 Å². The Morgan fingerprint density at radius 2 is 0.609 bits per heavy atom. The third-order valence-corrected chi connectivity index (χ3v) is 35.3. The van der Waals surface area contributed by atoms with Crippen LogP contribution in [0.2, 0.25) is 0 Å². The van der Waals surface area contributed by atoms with E-state index in [4.69, 9.17) is 44.6 Å². The van der Waals surface area contributed by atoms with Crippen LogP contribution in [-0.2, 0) is 134 Å². The Hall–Kier alpha value is -6.81. The van der Waals surface area contributed by atoms with Gasteiger partial charge >= 0.3 is 11.9 Å². The van der Waals surface area contributed by atoms with E-state index in [1.54, 1.807) is 53.3 Å². The molecule has 2 unspecified atom stereocenters. The molecule has 0 amide bonds. The Bertz CT molecular complexity index is 5120. The highest BCUT2D eigenvalue weighted by molar-refractivity contribution is 7.87. The van der Waals surface area contributed by atoms with Gasteiger partial charge in [0.15, 0.2) is 34.7 Å². The van der Waals surface area contributed by atoms with E-state index in [9.17, 15) is 85.6 Å². The molecule has 738 valence electrons. The standard InChI is InChI=1S/C23H27NO7S2.C21H31NO5.C16H21NO5S.C11H19NO7S2.C11H15NO3.C11H19NO2/c1-17-3-7-20(8-4-17)32(26,27)30-15-23(22(25)19-11-13-24(23)14-12-19)16-31-33(28,29)21-9-5-18(2)6-10-21;23-18-15-9-11-22(12-10-15)21(18,13-26-19(24)16-5-1-2-6-16)14-27-20(25)17-7-3-4-8-17;1-12-2-4-14(5-3-12)23(20,21)22-11-16(10-18)15(19)13-6-8-17(16)9-7-13;1-20(14,15)18-7-11(8-19-21(2,16)17)10(13)9-3-5-12(11)6-4-9;1-8-14-6-11(7-15-8)10(13)9-2-4-12(11)5-3-9;1-3-11(8-14-2)10(13)9-4-6-12(11)7-5-9/h3-10,19H,11-16H2,1-2H3;15-17H,1-14H2;2-5,13,18H,6-11H2,1H3;9H,3-8H2,1-2H3;9H,1-7H2;9H,3-8H2,1-2H3. The monoisotopic (exact) mass is 1960 g/mol. The molecule has 35 nitrogen and oxygen atoms in total. The van der Waals surface area contributed by atoms with Crippen molar-refractivity contribution in [3.05, 3.63) is 102 Å². The number of carbonyl (C=O) groups excluding carboxylic acids is 8. The first-order valence-electron chi connectivity index (χ1n) is 46.7. The number of Topliss-reactive ketones (excluding diaryl/α,β-unsaturated/α-hetero) is 6. The number of aliphatic hydroxyl groups is 1. The van der Waals surface area contributed by atoms with Gasteiger partial charge in [-0.15, -0.1) is 0 Å². The molecule has 133 heavy (non-hydrogen) atoms. The number of hydrogen-bond acceptors (Lipinski definition) is 35. The maximum absolute atomic E-state index is 13.3. The van der Waals surface area contributed by atoms with Gasteiger partial charge in [-0.05, 0) is 225 Å². The number of aliphatic hydroxyl groups excluding tert-OH is 1. The first kappa shape index (κ1) is 104. The Morgan fingerprint density at radius 1 is 0.361 bits per heavy atom. The quantitative estimate of drug-likeness (QED) is 0.0620. The van der Waals surface area contributed by atoms with Crippen LogP contribution >= 0.6 is 0 Å². The fraction of sp³-hybridized carbons (Fsp3) is 0.699. The van der Waals surface area contributed by atoms with Gasteiger partial charge in [0, 0.05) is 68.8 Å². The molecule has 1 spiro atoms. The maximum Gasteiger partial charge on any atom is 0.309 e. The first-order valence-corrected chi connectivity index (χ1v) is 54.6. The number of hydrogen-bond donors (Lipinski definition) is 1. The van der Waals surface area contributed by atoms with Gasteiger partial charge in [-0.25, -0.2) is 0 Å². The van der Waals surface area contributed by atoms with Crippen LogP contribution in [0.4, 0.5) is 0 Å². The van der Waals surface area contributed by atoms with Crippen molar-refractivity contribution in [3.8, 4) is 0 Å². The van der Waals surface area contributed by atoms with Gasteiger partial charge in [-0.2, -0.15) is 42.1 Å². The van der Waals surface area contributed by atoms with E-state index < -0.39 is 111 Å². The third kappa shape index (κ3) is 22.9. The number of fused-ring (bicyclic) bond motifs is 17. The van der Waals surface area contributed by atoms with Crippen LogP contribution in [0.3, 0.4) is 0 Å². The number of methoxy groups -OCH3 is 1. The second kappa shape index (κ2) is 42.9. The summed E-state index contributed by atoms with van der Waals surface area (Å²) in [6.45, 7) is 19.5. The Balaban J connectivity index is 0.000000138. The first-order chi connectivity index (χ1) is 63.0. The minimum absolute atomic E-state index is 0.00497. The molecule has 1 N–H and O–H groups in total. The Kier molecular flexibility index (Phi) is 33.4. The summed E-state index contributed by atoms with van der Waals surface area (Å²) in [5.41, 5.74) is -3.07. The average Bonchev–Trinajstić information content (AvgIpc) is 1.17. The van der Waals surface area contributed by atoms with E-state index in [-0.39, 0.29) is 117 Å². The lowest BCUT2D eigenvalue weighted by Gasteiger charge is -2.53. The van der Waals surface area contributed by atoms with Crippen molar-refractivity contribution < 1.29 is 130 Å². The molecule has 21 fully saturated rings. The van der Waals surface area contributed by atoms with Gasteiger partial charge < -0.3 is 28.8 Å². The van der Waals surface area contributed by atoms with Crippen LogP contribution in [-0.4, -0.2) is 327 Å². The maximum atomic E-state index is 13.3. The zero-order valence-electron chi connectivity index (χ0n) is 77.5. The van der Waals surface area contributed by atoms with Crippen molar-refractivity contribution in [2.45, 2.75) is 210 Å². The molecule has 2 saturated carbocycles. The van der Waals surface area contributed by atoms with Gasteiger partial charge in [0.1, 0.15) is 59.7 Å². The summed E-state index contributed by atoms with van der Waals surface area (Å²) in [4.78, 5) is 113. The molecule has 21 aliphatic rings. The van der Waals surface area contributed by atoms with Gasteiger partial charge in [-0.1, -0.05) is 85.7 Å². The molecule has 2 aliphatic carbocycles. The number of ether oxygens (including phenoxy) is 5. The van der Waals surface area contributed by atoms with E-state index >= 15 is 0 Å². The van der Waals surface area contributed by atoms with Crippen LogP contribution in [0, 0.1) is 68.1 Å². The number of carbonyl (C=O) groups is 8. The fourth-order valence-electron chi connectivity index (χ4n) is 22.0. The van der Waals surface area contributed by atoms with Gasteiger partial charge in [0.25, 0.3) is 56.5 Å². The summed E-state index contributed by atoms with van der Waals surface area (Å²) >= 11 is 0. The van der Waals surface area contributed by atoms with E-state index in [2.05, 4.69) is 28.2 Å². The van der Waals surface area contributed by atoms with Crippen molar-refractivity contribution in [2.75, 3.05) is 171 Å². The molecule has 40 heteroatoms. The van der Waals surface area contributed by atoms with Gasteiger partial charge in [-0.3, -0.25) is 88.7 Å². The zero-order valence-corrected chi connectivity index (χ0v) is 81.6. The van der Waals surface area contributed by atoms with E-state index in [1.807, 2.05) is 25.7 Å². The summed E-state index contributed by atoms with van der Waals surface area (Å²) in [6.07, 6.45) is 20.5. The highest BCUT2D eigenvalue weighted by atomic mass is 32.2. The summed E-state index contributed by atoms with van der Waals surface area (Å²) in [6, 6.07) is 18.7. The summed E-state index contributed by atoms with van der Waals surface area (Å²) < 4.78 is 173. The second-order valence-electron chi connectivity index (χ2n) is 38.5. The van der Waals surface area contributed by atoms with E-state index in [0.29, 0.717) is 108 Å². The van der Waals surface area contributed by atoms with E-state index in [1.165, 1.54) is 36.4 Å². The minimum atomic E-state index is -4.15. The smallest absolute Gasteiger partial charge is 0.309 e. The van der Waals surface area contributed by atoms with Crippen molar-refractivity contribution in [1.29, 1.82) is 0 Å². The highest BCUT2D eigenvalue weighted by Crippen LogP contribution is 2.45. The number of nitrogens with zero attached hydrogens (tertiary/aromatic N) is 6. The Labute approximate surface area is 782 Å². The molecular weight excluding hydrogens is 1830 g/mol. The molecule has 24 rings (SSSR count). The molecule has 0 radical (unpaired) electrons. The number of aryl methyl sites for hydroxylation is 3. The molecule has 12 bridgehead atoms. The van der Waals surface area contributed by atoms with Crippen LogP contribution in [0.25, 0.3) is 0 Å². The topological polar surface area (TPSA) is 439 Å². The lowest BCUT2D eigenvalue weighted by Crippen LogP contribution is -2.70. The van der Waals surface area contributed by atoms with Crippen molar-refractivity contribution in [1.82, 2.24) is 29.4 Å². The summed E-state index contributed by atoms with van der Waals surface area (Å²) in [7, 11) is -18.0. The predicted octanol–water partition coefficient (Wildman–Crippen LogP) is 6.25. The van der Waals surface area contributed by atoms with Crippen molar-refractivity contribution in [3.63, 3.8) is 0 Å². The molecule has 3 aromatic rings. The van der Waals surface area contributed by atoms with E-state index in [0.717, 1.165) is 178 Å². The third-order valence-electron chi connectivity index (χ3n) is 30.3. The van der Waals surface area contributed by atoms with Gasteiger partial charge in [0.05, 0.1) is 85.3 Å². The SMILES string of the molecule is C=C1OCC2(CO1)C(=O)C1CCN2CC1.CCC1(COC)C(=O)C2CCN1CC2.CS(=O)(=O)OCC1(COS(C)(=O)=O)C(=O)C2CCN1CC2.Cc1ccc(S(=O)(=O)OCC2(CO)C(=O)C3CCN2CC3)cc1.Cc1ccc(S(=O)(=O)OCC2(COS(=O)(=O)c3ccc(C)cc3)C(=O)C3CCN2CC3)cc1.O=C(OCC1(COC(=O)C2CCCC2)C(=O)C2CCN1CC2)C1CCCC1.